The van der Waals surface area contributed by atoms with E-state index in [4.69, 9.17) is 18.8 Å². The van der Waals surface area contributed by atoms with Gasteiger partial charge in [-0.2, -0.15) is 8.42 Å². The zero-order valence-electron chi connectivity index (χ0n) is 19.2. The Morgan fingerprint density at radius 2 is 1.45 bits per heavy atom. The Kier molecular flexibility index (Phi) is 14.1. The van der Waals surface area contributed by atoms with Gasteiger partial charge < -0.3 is 17.1 Å². The maximum Gasteiger partial charge on any atom is 2.00 e. The molecular weight excluding hydrogens is 417 g/mol. The van der Waals surface area contributed by atoms with E-state index in [-0.39, 0.29) is 56.5 Å². The van der Waals surface area contributed by atoms with Crippen LogP contribution in [0.15, 0.2) is 24.3 Å². The molecule has 0 radical (unpaired) electrons. The van der Waals surface area contributed by atoms with Crippen LogP contribution in [-0.4, -0.2) is 79.5 Å². The first-order valence-electron chi connectivity index (χ1n) is 8.62. The fourth-order valence-electron chi connectivity index (χ4n) is 2.10. The van der Waals surface area contributed by atoms with Gasteiger partial charge in [0.15, 0.2) is 0 Å². The van der Waals surface area contributed by atoms with Crippen LogP contribution in [0.4, 0.5) is 0 Å². The second-order valence-electron chi connectivity index (χ2n) is 6.52. The summed E-state index contributed by atoms with van der Waals surface area (Å²) in [5.74, 6) is -2.82. The molecule has 0 rings (SSSR count). The van der Waals surface area contributed by atoms with E-state index in [1.54, 1.807) is 6.92 Å². The molecule has 9 nitrogen and oxygen atoms in total. The monoisotopic (exact) mass is 446 g/mol. The topological polar surface area (TPSA) is 133 Å². The van der Waals surface area contributed by atoms with Crippen LogP contribution >= 0.6 is 0 Å². The zero-order valence-corrected chi connectivity index (χ0v) is 19.4. The number of rotatable bonds is 13. The van der Waals surface area contributed by atoms with E-state index in [2.05, 4.69) is 13.2 Å². The molecule has 0 saturated carbocycles. The summed E-state index contributed by atoms with van der Waals surface area (Å²) >= 11 is 0. The Labute approximate surface area is 190 Å². The quantitative estimate of drug-likeness (QED) is 0.112. The van der Waals surface area contributed by atoms with Crippen molar-refractivity contribution in [1.82, 2.24) is 0 Å². The summed E-state index contributed by atoms with van der Waals surface area (Å²) in [5.41, 5.74) is -1.21. The Morgan fingerprint density at radius 1 is 1.00 bits per heavy atom. The summed E-state index contributed by atoms with van der Waals surface area (Å²) in [7, 11) is -4.18. The molecule has 0 amide bonds. The van der Waals surface area contributed by atoms with Crippen LogP contribution in [0.25, 0.3) is 0 Å². The van der Waals surface area contributed by atoms with Gasteiger partial charge in [-0.1, -0.05) is 26.5 Å². The Morgan fingerprint density at radius 3 is 1.79 bits per heavy atom. The van der Waals surface area contributed by atoms with Crippen molar-refractivity contribution >= 4 is 51.1 Å². The number of carbonyl (C=O) groups excluding carboxylic acids is 3. The molecule has 0 bridgehead atoms. The van der Waals surface area contributed by atoms with Gasteiger partial charge >= 0.3 is 41.0 Å². The molecule has 0 aliphatic rings. The molecule has 0 aromatic rings. The fraction of sp³-hybridized carbons (Fsp3) is 0.611. The number of ether oxygens (including phenoxy) is 3. The van der Waals surface area contributed by atoms with E-state index in [0.29, 0.717) is 6.42 Å². The van der Waals surface area contributed by atoms with Gasteiger partial charge in [-0.25, -0.2) is 9.59 Å². The van der Waals surface area contributed by atoms with Gasteiger partial charge in [0.05, 0.1) is 12.4 Å². The third kappa shape index (κ3) is 12.0. The van der Waals surface area contributed by atoms with Crippen LogP contribution in [-0.2, 0) is 38.7 Å². The number of hydrogen-bond donors (Lipinski definition) is 1. The number of esters is 3. The van der Waals surface area contributed by atoms with Crippen molar-refractivity contribution in [2.75, 3.05) is 25.6 Å². The summed E-state index contributed by atoms with van der Waals surface area (Å²) in [6, 6.07) is 0. The van der Waals surface area contributed by atoms with Gasteiger partial charge in [-0.3, -0.25) is 9.35 Å². The summed E-state index contributed by atoms with van der Waals surface area (Å²) in [6.45, 7) is 10.5. The smallest absolute Gasteiger partial charge is 1.00 e. The van der Waals surface area contributed by atoms with Crippen LogP contribution in [0.3, 0.4) is 0 Å². The zero-order chi connectivity index (χ0) is 22.0. The minimum atomic E-state index is -4.18. The van der Waals surface area contributed by atoms with Crippen molar-refractivity contribution in [2.24, 2.45) is 5.41 Å². The average molecular weight is 447 g/mol. The molecule has 0 aliphatic heterocycles. The normalized spacial score (nSPS) is 11.0. The molecule has 0 aliphatic carbocycles. The van der Waals surface area contributed by atoms with Crippen molar-refractivity contribution < 1.29 is 44.4 Å². The van der Waals surface area contributed by atoms with Crippen molar-refractivity contribution in [3.63, 3.8) is 0 Å². The Balaban J connectivity index is -0.00000121. The molecule has 0 saturated heterocycles. The van der Waals surface area contributed by atoms with E-state index >= 15 is 0 Å². The summed E-state index contributed by atoms with van der Waals surface area (Å²) in [6.07, 6.45) is 0.538. The van der Waals surface area contributed by atoms with Crippen molar-refractivity contribution in [3.05, 3.63) is 24.3 Å². The van der Waals surface area contributed by atoms with Gasteiger partial charge in [0.1, 0.15) is 18.6 Å². The molecule has 0 atom stereocenters. The average Bonchev–Trinajstić information content (AvgIpc) is 2.59. The number of carbonyl (C=O) groups is 3. The van der Waals surface area contributed by atoms with E-state index in [9.17, 15) is 22.8 Å². The second kappa shape index (κ2) is 13.7. The third-order valence-electron chi connectivity index (χ3n) is 3.60. The maximum atomic E-state index is 12.7. The molecule has 0 fully saturated rings. The van der Waals surface area contributed by atoms with Gasteiger partial charge in [-0.05, 0) is 26.7 Å². The molecule has 0 heterocycles. The van der Waals surface area contributed by atoms with Crippen LogP contribution < -0.4 is 0 Å². The van der Waals surface area contributed by atoms with E-state index in [1.165, 1.54) is 13.8 Å². The molecule has 0 unspecified atom stereocenters. The molecule has 11 heteroatoms. The van der Waals surface area contributed by atoms with Gasteiger partial charge in [0.25, 0.3) is 10.1 Å². The van der Waals surface area contributed by atoms with Crippen molar-refractivity contribution in [3.8, 4) is 0 Å². The fourth-order valence-corrected chi connectivity index (χ4v) is 2.58. The third-order valence-corrected chi connectivity index (χ3v) is 4.40. The van der Waals surface area contributed by atoms with Gasteiger partial charge in [0.2, 0.25) is 0 Å². The second-order valence-corrected chi connectivity index (χ2v) is 8.09. The molecule has 0 aromatic heterocycles. The van der Waals surface area contributed by atoms with Gasteiger partial charge in [-0.15, -0.1) is 0 Å². The largest absolute Gasteiger partial charge is 2.00 e. The Bertz CT molecular complexity index is 694. The molecular formula is C18H30MgO9S. The summed E-state index contributed by atoms with van der Waals surface area (Å²) in [5, 5.41) is 0. The first-order valence-corrected chi connectivity index (χ1v) is 10.2. The van der Waals surface area contributed by atoms with Crippen LogP contribution in [0.1, 0.15) is 42.9 Å². The minimum Gasteiger partial charge on any atom is -1.00 e. The van der Waals surface area contributed by atoms with E-state index in [0.717, 1.165) is 0 Å². The van der Waals surface area contributed by atoms with Crippen LogP contribution in [0, 0.1) is 5.41 Å². The maximum absolute atomic E-state index is 12.7. The SMILES string of the molecule is C=C(C)C(=O)OCC(CCC)(COC(=O)C(=C)C)C(=O)OCCCS(=O)(=O)O.[H-].[H-].[Mg+2]. The minimum absolute atomic E-state index is 0. The number of hydrogen-bond acceptors (Lipinski definition) is 8. The molecule has 0 aromatic carbocycles. The van der Waals surface area contributed by atoms with E-state index in [1.807, 2.05) is 0 Å². The molecule has 164 valence electrons. The first-order chi connectivity index (χ1) is 12.8. The van der Waals surface area contributed by atoms with Crippen molar-refractivity contribution in [2.45, 2.75) is 40.0 Å². The van der Waals surface area contributed by atoms with Gasteiger partial charge in [0, 0.05) is 11.1 Å². The molecule has 0 spiro atoms. The first kappa shape index (κ1) is 29.8. The summed E-state index contributed by atoms with van der Waals surface area (Å²) in [4.78, 5) is 36.2. The van der Waals surface area contributed by atoms with E-state index < -0.39 is 52.4 Å². The van der Waals surface area contributed by atoms with Crippen LogP contribution in [0.5, 0.6) is 0 Å². The Hall–Kier alpha value is -1.43. The predicted octanol–water partition coefficient (Wildman–Crippen LogP) is 1.68. The predicted molar refractivity (Wildman–Crippen MR) is 109 cm³/mol. The molecule has 1 N–H and O–H groups in total. The standard InChI is InChI=1S/C18H28O9S.Mg.2H/c1-6-8-18(11-26-15(19)13(2)3,12-27-16(20)14(4)5)17(21)25-9-7-10-28(22,23)24;;;/h2,4,6-12H2,1,3,5H3,(H,22,23,24);;;/q;+2;2*-1. The van der Waals surface area contributed by atoms with Crippen molar-refractivity contribution in [1.29, 1.82) is 0 Å². The molecule has 29 heavy (non-hydrogen) atoms. The van der Waals surface area contributed by atoms with Crippen LogP contribution in [0.2, 0.25) is 0 Å². The summed E-state index contributed by atoms with van der Waals surface area (Å²) < 4.78 is 45.5.